The Morgan fingerprint density at radius 3 is 2.83 bits per heavy atom. The van der Waals surface area contributed by atoms with Crippen molar-refractivity contribution in [3.05, 3.63) is 23.8 Å². The maximum Gasteiger partial charge on any atom is 0.161 e. The summed E-state index contributed by atoms with van der Waals surface area (Å²) >= 11 is 0. The highest BCUT2D eigenvalue weighted by Crippen LogP contribution is 2.30. The fourth-order valence-electron chi connectivity index (χ4n) is 2.40. The summed E-state index contributed by atoms with van der Waals surface area (Å²) in [5.41, 5.74) is 1.28. The zero-order valence-corrected chi connectivity index (χ0v) is 11.5. The molecule has 1 aliphatic heterocycles. The zero-order chi connectivity index (χ0) is 13.0. The lowest BCUT2D eigenvalue weighted by Crippen LogP contribution is -2.40. The first-order valence-corrected chi connectivity index (χ1v) is 6.80. The van der Waals surface area contributed by atoms with Crippen LogP contribution in [-0.4, -0.2) is 25.8 Å². The summed E-state index contributed by atoms with van der Waals surface area (Å²) in [6.07, 6.45) is 3.42. The lowest BCUT2D eigenvalue weighted by Gasteiger charge is -2.29. The molecule has 3 nitrogen and oxygen atoms in total. The van der Waals surface area contributed by atoms with Crippen molar-refractivity contribution in [2.45, 2.75) is 45.3 Å². The molecule has 1 saturated heterocycles. The number of hydrogen-bond donors (Lipinski definition) is 1. The Kier molecular flexibility index (Phi) is 4.48. The molecule has 0 saturated carbocycles. The van der Waals surface area contributed by atoms with Crippen LogP contribution in [0.3, 0.4) is 0 Å². The second kappa shape index (κ2) is 6.10. The molecule has 1 N–H and O–H groups in total. The molecule has 3 heteroatoms. The Balaban J connectivity index is 2.08. The summed E-state index contributed by atoms with van der Waals surface area (Å²) in [5.74, 6) is 1.72. The lowest BCUT2D eigenvalue weighted by atomic mass is 10.0. The van der Waals surface area contributed by atoms with Gasteiger partial charge in [0.1, 0.15) is 6.10 Å². The van der Waals surface area contributed by atoms with Crippen LogP contribution in [0.1, 0.15) is 32.3 Å². The molecule has 0 bridgehead atoms. The number of nitrogens with one attached hydrogen (secondary N) is 1. The predicted octanol–water partition coefficient (Wildman–Crippen LogP) is 2.78. The van der Waals surface area contributed by atoms with Crippen molar-refractivity contribution in [1.29, 1.82) is 0 Å². The number of ether oxygens (including phenoxy) is 2. The molecule has 18 heavy (non-hydrogen) atoms. The molecule has 0 spiro atoms. The number of benzene rings is 1. The zero-order valence-electron chi connectivity index (χ0n) is 11.5. The lowest BCUT2D eigenvalue weighted by molar-refractivity contribution is 0.139. The highest BCUT2D eigenvalue weighted by Gasteiger charge is 2.20. The van der Waals surface area contributed by atoms with Gasteiger partial charge < -0.3 is 14.8 Å². The van der Waals surface area contributed by atoms with E-state index in [9.17, 15) is 0 Å². The van der Waals surface area contributed by atoms with Gasteiger partial charge in [-0.25, -0.2) is 0 Å². The first-order chi connectivity index (χ1) is 8.72. The summed E-state index contributed by atoms with van der Waals surface area (Å²) in [6, 6.07) is 6.75. The molecule has 0 amide bonds. The molecule has 2 rings (SSSR count). The molecule has 100 valence electrons. The van der Waals surface area contributed by atoms with E-state index in [1.165, 1.54) is 5.56 Å². The van der Waals surface area contributed by atoms with Gasteiger partial charge in [-0.3, -0.25) is 0 Å². The molecule has 0 aromatic heterocycles. The van der Waals surface area contributed by atoms with E-state index in [-0.39, 0.29) is 0 Å². The van der Waals surface area contributed by atoms with Crippen molar-refractivity contribution in [3.8, 4) is 11.5 Å². The van der Waals surface area contributed by atoms with Crippen molar-refractivity contribution in [2.75, 3.05) is 13.7 Å². The van der Waals surface area contributed by atoms with E-state index in [1.807, 2.05) is 6.07 Å². The summed E-state index contributed by atoms with van der Waals surface area (Å²) in [4.78, 5) is 0. The summed E-state index contributed by atoms with van der Waals surface area (Å²) in [5, 5.41) is 3.43. The van der Waals surface area contributed by atoms with Crippen LogP contribution in [0.5, 0.6) is 11.5 Å². The van der Waals surface area contributed by atoms with Crippen LogP contribution in [0.15, 0.2) is 18.2 Å². The van der Waals surface area contributed by atoms with Crippen LogP contribution < -0.4 is 14.8 Å². The number of piperidine rings is 1. The van der Waals surface area contributed by atoms with E-state index >= 15 is 0 Å². The molecule has 2 atom stereocenters. The number of aryl methyl sites for hydroxylation is 1. The van der Waals surface area contributed by atoms with E-state index in [4.69, 9.17) is 9.47 Å². The van der Waals surface area contributed by atoms with Crippen molar-refractivity contribution in [3.63, 3.8) is 0 Å². The fourth-order valence-corrected chi connectivity index (χ4v) is 2.40. The normalized spacial score (nSPS) is 23.7. The van der Waals surface area contributed by atoms with Gasteiger partial charge in [-0.2, -0.15) is 0 Å². The molecule has 1 aromatic carbocycles. The molecule has 2 unspecified atom stereocenters. The summed E-state index contributed by atoms with van der Waals surface area (Å²) in [7, 11) is 1.70. The van der Waals surface area contributed by atoms with E-state index in [1.54, 1.807) is 7.11 Å². The summed E-state index contributed by atoms with van der Waals surface area (Å²) < 4.78 is 11.5. The maximum atomic E-state index is 6.08. The largest absolute Gasteiger partial charge is 0.493 e. The van der Waals surface area contributed by atoms with Gasteiger partial charge in [0.25, 0.3) is 0 Å². The van der Waals surface area contributed by atoms with Gasteiger partial charge >= 0.3 is 0 Å². The second-order valence-electron chi connectivity index (χ2n) is 4.96. The molecular weight excluding hydrogens is 226 g/mol. The second-order valence-corrected chi connectivity index (χ2v) is 4.96. The van der Waals surface area contributed by atoms with Crippen LogP contribution in [0.2, 0.25) is 0 Å². The van der Waals surface area contributed by atoms with E-state index in [0.29, 0.717) is 12.1 Å². The van der Waals surface area contributed by atoms with Crippen molar-refractivity contribution >= 4 is 0 Å². The molecule has 0 aliphatic carbocycles. The van der Waals surface area contributed by atoms with Crippen LogP contribution in [-0.2, 0) is 6.42 Å². The van der Waals surface area contributed by atoms with Crippen LogP contribution in [0.25, 0.3) is 0 Å². The van der Waals surface area contributed by atoms with Crippen LogP contribution >= 0.6 is 0 Å². The predicted molar refractivity (Wildman–Crippen MR) is 73.5 cm³/mol. The Bertz CT molecular complexity index is 392. The van der Waals surface area contributed by atoms with Gasteiger partial charge in [0.15, 0.2) is 11.5 Å². The highest BCUT2D eigenvalue weighted by molar-refractivity contribution is 5.43. The monoisotopic (exact) mass is 249 g/mol. The van der Waals surface area contributed by atoms with Gasteiger partial charge in [0, 0.05) is 6.04 Å². The van der Waals surface area contributed by atoms with Gasteiger partial charge in [0.05, 0.1) is 7.11 Å². The van der Waals surface area contributed by atoms with Crippen LogP contribution in [0.4, 0.5) is 0 Å². The van der Waals surface area contributed by atoms with E-state index in [2.05, 4.69) is 31.3 Å². The molecule has 1 aromatic rings. The Morgan fingerprint density at radius 1 is 1.33 bits per heavy atom. The maximum absolute atomic E-state index is 6.08. The van der Waals surface area contributed by atoms with Crippen molar-refractivity contribution < 1.29 is 9.47 Å². The summed E-state index contributed by atoms with van der Waals surface area (Å²) in [6.45, 7) is 5.37. The molecule has 1 heterocycles. The first kappa shape index (κ1) is 13.2. The third-order valence-corrected chi connectivity index (χ3v) is 3.51. The van der Waals surface area contributed by atoms with Gasteiger partial charge in [0.2, 0.25) is 0 Å². The third-order valence-electron chi connectivity index (χ3n) is 3.51. The minimum absolute atomic E-state index is 0.294. The van der Waals surface area contributed by atoms with Crippen LogP contribution in [0, 0.1) is 0 Å². The van der Waals surface area contributed by atoms with E-state index < -0.39 is 0 Å². The molecule has 0 radical (unpaired) electrons. The topological polar surface area (TPSA) is 30.5 Å². The minimum atomic E-state index is 0.294. The third kappa shape index (κ3) is 3.16. The number of rotatable bonds is 4. The standard InChI is InChI=1S/C15H23NO2/c1-4-12-5-6-14(15(10-12)17-3)18-13-7-8-16-11(2)9-13/h5-6,10-11,13,16H,4,7-9H2,1-3H3. The Morgan fingerprint density at radius 2 is 2.17 bits per heavy atom. The minimum Gasteiger partial charge on any atom is -0.493 e. The average molecular weight is 249 g/mol. The quantitative estimate of drug-likeness (QED) is 0.890. The van der Waals surface area contributed by atoms with Gasteiger partial charge in [-0.05, 0) is 50.4 Å². The van der Waals surface area contributed by atoms with Crippen molar-refractivity contribution in [1.82, 2.24) is 5.32 Å². The fraction of sp³-hybridized carbons (Fsp3) is 0.600. The van der Waals surface area contributed by atoms with Gasteiger partial charge in [-0.1, -0.05) is 13.0 Å². The Labute approximate surface area is 109 Å². The molecule has 1 aliphatic rings. The Hall–Kier alpha value is -1.22. The van der Waals surface area contributed by atoms with Crippen molar-refractivity contribution in [2.24, 2.45) is 0 Å². The average Bonchev–Trinajstić information content (AvgIpc) is 2.39. The SMILES string of the molecule is CCc1ccc(OC2CCNC(C)C2)c(OC)c1. The number of methoxy groups -OCH3 is 1. The van der Waals surface area contributed by atoms with Gasteiger partial charge in [-0.15, -0.1) is 0 Å². The first-order valence-electron chi connectivity index (χ1n) is 6.80. The molecular formula is C15H23NO2. The molecule has 1 fully saturated rings. The smallest absolute Gasteiger partial charge is 0.161 e. The highest BCUT2D eigenvalue weighted by atomic mass is 16.5. The van der Waals surface area contributed by atoms with E-state index in [0.717, 1.165) is 37.3 Å². The number of hydrogen-bond acceptors (Lipinski definition) is 3.